The van der Waals surface area contributed by atoms with E-state index in [1.165, 1.54) is 6.92 Å². The Bertz CT molecular complexity index is 740. The maximum absolute atomic E-state index is 11.4. The summed E-state index contributed by atoms with van der Waals surface area (Å²) >= 11 is 0. The number of anilines is 1. The summed E-state index contributed by atoms with van der Waals surface area (Å²) in [6.45, 7) is 3.98. The van der Waals surface area contributed by atoms with Crippen LogP contribution in [0.5, 0.6) is 5.75 Å². The van der Waals surface area contributed by atoms with Gasteiger partial charge in [0.15, 0.2) is 0 Å². The largest absolute Gasteiger partial charge is 0.491 e. The number of aliphatic carboxylic acids is 1. The molecule has 2 rings (SSSR count). The highest BCUT2D eigenvalue weighted by atomic mass is 32.2. The topological polar surface area (TPSA) is 111 Å². The monoisotopic (exact) mass is 350 g/mol. The first-order valence-corrected chi connectivity index (χ1v) is 8.56. The molecule has 0 aromatic heterocycles. The lowest BCUT2D eigenvalue weighted by molar-refractivity contribution is -0.142. The van der Waals surface area contributed by atoms with Crippen molar-refractivity contribution in [3.05, 3.63) is 23.8 Å². The summed E-state index contributed by atoms with van der Waals surface area (Å²) in [5, 5.41) is 28.4. The molecule has 0 radical (unpaired) electrons. The van der Waals surface area contributed by atoms with Crippen molar-refractivity contribution in [3.8, 4) is 11.8 Å². The van der Waals surface area contributed by atoms with Crippen LogP contribution in [0.1, 0.15) is 19.4 Å². The van der Waals surface area contributed by atoms with Crippen LogP contribution in [0.15, 0.2) is 18.2 Å². The van der Waals surface area contributed by atoms with Gasteiger partial charge in [0.05, 0.1) is 11.5 Å². The van der Waals surface area contributed by atoms with Gasteiger partial charge in [0.2, 0.25) is 0 Å². The van der Waals surface area contributed by atoms with Crippen molar-refractivity contribution >= 4 is 33.0 Å². The molecule has 0 saturated carbocycles. The van der Waals surface area contributed by atoms with Crippen LogP contribution < -0.4 is 9.04 Å². The SMILES string of the molecule is CC1C=S(C(=O)O)N(c2ccc(OCC(C)C(=O)O)c(C#N)c2)C1. The molecule has 0 spiro atoms. The summed E-state index contributed by atoms with van der Waals surface area (Å²) in [7, 11) is -1.03. The minimum atomic E-state index is -1.03. The number of carbonyl (C=O) groups is 2. The molecule has 128 valence electrons. The van der Waals surface area contributed by atoms with Gasteiger partial charge >= 0.3 is 11.3 Å². The summed E-state index contributed by atoms with van der Waals surface area (Å²) in [5.74, 6) is -1.23. The number of nitrogens with zero attached hydrogens (tertiary/aromatic N) is 2. The Hall–Kier alpha value is -2.53. The highest BCUT2D eigenvalue weighted by molar-refractivity contribution is 8.28. The number of carboxylic acids is 1. The molecule has 3 unspecified atom stereocenters. The summed E-state index contributed by atoms with van der Waals surface area (Å²) in [6.07, 6.45) is 0. The molecule has 1 heterocycles. The van der Waals surface area contributed by atoms with E-state index in [1.807, 2.05) is 13.0 Å². The number of nitriles is 1. The smallest absolute Gasteiger partial charge is 0.377 e. The molecule has 0 fully saturated rings. The molecule has 24 heavy (non-hydrogen) atoms. The number of hydrogen-bond donors (Lipinski definition) is 2. The lowest BCUT2D eigenvalue weighted by Crippen LogP contribution is -2.19. The van der Waals surface area contributed by atoms with Crippen molar-refractivity contribution in [3.63, 3.8) is 0 Å². The molecule has 1 aromatic rings. The second-order valence-electron chi connectivity index (χ2n) is 5.60. The van der Waals surface area contributed by atoms with E-state index in [0.717, 1.165) is 0 Å². The molecule has 1 aromatic carbocycles. The fraction of sp³-hybridized carbons (Fsp3) is 0.375. The molecular formula is C16H18N2O5S. The normalized spacial score (nSPS) is 20.8. The second kappa shape index (κ2) is 7.36. The highest BCUT2D eigenvalue weighted by Crippen LogP contribution is 2.36. The van der Waals surface area contributed by atoms with E-state index in [-0.39, 0.29) is 18.1 Å². The van der Waals surface area contributed by atoms with Crippen LogP contribution in [0.4, 0.5) is 10.5 Å². The van der Waals surface area contributed by atoms with E-state index in [4.69, 9.17) is 9.84 Å². The maximum atomic E-state index is 11.4. The van der Waals surface area contributed by atoms with Gasteiger partial charge in [-0.05, 0) is 30.5 Å². The zero-order valence-electron chi connectivity index (χ0n) is 13.3. The van der Waals surface area contributed by atoms with Crippen molar-refractivity contribution in [2.45, 2.75) is 13.8 Å². The van der Waals surface area contributed by atoms with Gasteiger partial charge in [-0.2, -0.15) is 5.26 Å². The summed E-state index contributed by atoms with van der Waals surface area (Å²) in [6, 6.07) is 6.86. The summed E-state index contributed by atoms with van der Waals surface area (Å²) in [4.78, 5) is 22.2. The van der Waals surface area contributed by atoms with Crippen molar-refractivity contribution in [2.75, 3.05) is 17.5 Å². The van der Waals surface area contributed by atoms with E-state index in [9.17, 15) is 20.0 Å². The van der Waals surface area contributed by atoms with E-state index in [0.29, 0.717) is 18.0 Å². The molecule has 0 bridgehead atoms. The lowest BCUT2D eigenvalue weighted by Gasteiger charge is -2.22. The Morgan fingerprint density at radius 1 is 1.50 bits per heavy atom. The van der Waals surface area contributed by atoms with E-state index >= 15 is 0 Å². The van der Waals surface area contributed by atoms with Gasteiger partial charge in [0.25, 0.3) is 0 Å². The zero-order valence-corrected chi connectivity index (χ0v) is 14.1. The molecular weight excluding hydrogens is 332 g/mol. The Labute approximate surface area is 142 Å². The van der Waals surface area contributed by atoms with Crippen LogP contribution in [0, 0.1) is 23.2 Å². The summed E-state index contributed by atoms with van der Waals surface area (Å²) < 4.78 is 7.17. The number of carboxylic acid groups (broad SMARTS) is 2. The zero-order chi connectivity index (χ0) is 17.9. The van der Waals surface area contributed by atoms with Crippen LogP contribution in [-0.2, 0) is 4.79 Å². The maximum Gasteiger partial charge on any atom is 0.377 e. The Balaban J connectivity index is 2.23. The van der Waals surface area contributed by atoms with E-state index in [2.05, 4.69) is 0 Å². The van der Waals surface area contributed by atoms with Crippen LogP contribution >= 0.6 is 10.7 Å². The molecule has 3 atom stereocenters. The molecule has 8 heteroatoms. The number of benzene rings is 1. The van der Waals surface area contributed by atoms with Gasteiger partial charge < -0.3 is 19.3 Å². The first-order valence-electron chi connectivity index (χ1n) is 7.32. The minimum Gasteiger partial charge on any atom is -0.491 e. The van der Waals surface area contributed by atoms with Gasteiger partial charge in [-0.1, -0.05) is 6.92 Å². The third-order valence-electron chi connectivity index (χ3n) is 3.51. The van der Waals surface area contributed by atoms with Crippen LogP contribution in [0.2, 0.25) is 0 Å². The van der Waals surface area contributed by atoms with E-state index in [1.54, 1.807) is 27.9 Å². The average molecular weight is 350 g/mol. The quantitative estimate of drug-likeness (QED) is 0.785. The fourth-order valence-corrected chi connectivity index (χ4v) is 3.94. The predicted molar refractivity (Wildman–Crippen MR) is 91.6 cm³/mol. The first kappa shape index (κ1) is 17.8. The van der Waals surface area contributed by atoms with Crippen molar-refractivity contribution < 1.29 is 24.5 Å². The Morgan fingerprint density at radius 2 is 2.21 bits per heavy atom. The van der Waals surface area contributed by atoms with E-state index < -0.39 is 27.9 Å². The fourth-order valence-electron chi connectivity index (χ4n) is 2.22. The molecule has 1 aliphatic rings. The molecule has 7 nitrogen and oxygen atoms in total. The standard InChI is InChI=1S/C16H18N2O5S/c1-10-7-18(24(9-10)16(21)22)13-3-4-14(12(5-13)6-17)23-8-11(2)15(19)20/h3-5,9-11H,7-8H2,1-2H3,(H,19,20)(H,21,22). The van der Waals surface area contributed by atoms with Gasteiger partial charge in [-0.3, -0.25) is 4.79 Å². The van der Waals surface area contributed by atoms with Crippen LogP contribution in [0.3, 0.4) is 0 Å². The number of ether oxygens (including phenoxy) is 1. The molecule has 0 saturated heterocycles. The van der Waals surface area contributed by atoms with Crippen LogP contribution in [-0.4, -0.2) is 40.0 Å². The summed E-state index contributed by atoms with van der Waals surface area (Å²) in [5.41, 5.74) is 0.884. The highest BCUT2D eigenvalue weighted by Gasteiger charge is 2.26. The molecule has 1 aliphatic heterocycles. The lowest BCUT2D eigenvalue weighted by atomic mass is 10.1. The van der Waals surface area contributed by atoms with Gasteiger partial charge in [0.1, 0.15) is 18.4 Å². The number of hydrogen-bond acceptors (Lipinski definition) is 5. The van der Waals surface area contributed by atoms with Crippen LogP contribution in [0.25, 0.3) is 0 Å². The van der Waals surface area contributed by atoms with Gasteiger partial charge in [-0.25, -0.2) is 4.79 Å². The third kappa shape index (κ3) is 3.86. The van der Waals surface area contributed by atoms with Gasteiger partial charge in [0, 0.05) is 28.8 Å². The predicted octanol–water partition coefficient (Wildman–Crippen LogP) is 2.78. The average Bonchev–Trinajstić information content (AvgIpc) is 2.94. The van der Waals surface area contributed by atoms with Crippen molar-refractivity contribution in [1.29, 1.82) is 5.26 Å². The first-order chi connectivity index (χ1) is 11.3. The van der Waals surface area contributed by atoms with Crippen molar-refractivity contribution in [1.82, 2.24) is 0 Å². The molecule has 0 amide bonds. The third-order valence-corrected chi connectivity index (χ3v) is 5.43. The molecule has 0 aliphatic carbocycles. The minimum absolute atomic E-state index is 0.0443. The molecule has 2 N–H and O–H groups in total. The van der Waals surface area contributed by atoms with Gasteiger partial charge in [-0.15, -0.1) is 0 Å². The Kier molecular flexibility index (Phi) is 5.46. The second-order valence-corrected chi connectivity index (χ2v) is 7.29. The Morgan fingerprint density at radius 3 is 2.79 bits per heavy atom. The van der Waals surface area contributed by atoms with Crippen molar-refractivity contribution in [2.24, 2.45) is 11.8 Å². The number of rotatable bonds is 5.